The first kappa shape index (κ1) is 15.4. The molecule has 2 N–H and O–H groups in total. The molecule has 0 aliphatic rings. The molecule has 0 aromatic heterocycles. The van der Waals surface area contributed by atoms with Gasteiger partial charge in [0.25, 0.3) is 5.91 Å². The van der Waals surface area contributed by atoms with Crippen LogP contribution in [-0.2, 0) is 4.79 Å². The van der Waals surface area contributed by atoms with Crippen LogP contribution in [0, 0.1) is 5.82 Å². The number of amides is 1. The second-order valence-corrected chi connectivity index (χ2v) is 4.54. The van der Waals surface area contributed by atoms with Crippen LogP contribution in [0.1, 0.15) is 36.5 Å². The van der Waals surface area contributed by atoms with Crippen LogP contribution in [0.5, 0.6) is 0 Å². The lowest BCUT2D eigenvalue weighted by Crippen LogP contribution is -2.40. The van der Waals surface area contributed by atoms with E-state index in [-0.39, 0.29) is 10.6 Å². The van der Waals surface area contributed by atoms with E-state index in [1.54, 1.807) is 0 Å². The SMILES string of the molecule is CCCCC(NC(=O)c1ccc(F)cc1Cl)C(=O)O. The van der Waals surface area contributed by atoms with E-state index in [1.807, 2.05) is 6.92 Å². The molecule has 1 aromatic carbocycles. The number of unbranched alkanes of at least 4 members (excludes halogenated alkanes) is 1. The summed E-state index contributed by atoms with van der Waals surface area (Å²) in [5.74, 6) is -2.27. The van der Waals surface area contributed by atoms with Gasteiger partial charge in [-0.1, -0.05) is 31.4 Å². The van der Waals surface area contributed by atoms with Crippen molar-refractivity contribution in [1.82, 2.24) is 5.32 Å². The van der Waals surface area contributed by atoms with Crippen molar-refractivity contribution in [2.75, 3.05) is 0 Å². The zero-order chi connectivity index (χ0) is 14.4. The molecule has 19 heavy (non-hydrogen) atoms. The molecule has 1 atom stereocenters. The lowest BCUT2D eigenvalue weighted by Gasteiger charge is -2.14. The summed E-state index contributed by atoms with van der Waals surface area (Å²) in [6, 6.07) is 2.38. The Morgan fingerprint density at radius 2 is 2.16 bits per heavy atom. The van der Waals surface area contributed by atoms with E-state index in [0.717, 1.165) is 18.6 Å². The lowest BCUT2D eigenvalue weighted by atomic mass is 10.1. The lowest BCUT2D eigenvalue weighted by molar-refractivity contribution is -0.139. The Bertz CT molecular complexity index is 479. The van der Waals surface area contributed by atoms with Crippen molar-refractivity contribution in [3.05, 3.63) is 34.6 Å². The number of hydrogen-bond donors (Lipinski definition) is 2. The van der Waals surface area contributed by atoms with Crippen LogP contribution < -0.4 is 5.32 Å². The predicted octanol–water partition coefficient (Wildman–Crippen LogP) is 2.85. The number of benzene rings is 1. The van der Waals surface area contributed by atoms with Crippen LogP contribution in [0.4, 0.5) is 4.39 Å². The van der Waals surface area contributed by atoms with E-state index in [9.17, 15) is 14.0 Å². The number of aliphatic carboxylic acids is 1. The topological polar surface area (TPSA) is 66.4 Å². The average Bonchev–Trinajstić information content (AvgIpc) is 2.33. The van der Waals surface area contributed by atoms with Gasteiger partial charge in [0.1, 0.15) is 11.9 Å². The van der Waals surface area contributed by atoms with Gasteiger partial charge >= 0.3 is 5.97 Å². The highest BCUT2D eigenvalue weighted by atomic mass is 35.5. The Kier molecular flexibility index (Phi) is 5.76. The summed E-state index contributed by atoms with van der Waals surface area (Å²) in [6.45, 7) is 1.93. The number of carbonyl (C=O) groups is 2. The van der Waals surface area contributed by atoms with Crippen molar-refractivity contribution < 1.29 is 19.1 Å². The highest BCUT2D eigenvalue weighted by Crippen LogP contribution is 2.17. The van der Waals surface area contributed by atoms with Crippen molar-refractivity contribution in [3.63, 3.8) is 0 Å². The van der Waals surface area contributed by atoms with E-state index in [0.29, 0.717) is 12.8 Å². The number of carbonyl (C=O) groups excluding carboxylic acids is 1. The third kappa shape index (κ3) is 4.52. The Morgan fingerprint density at radius 3 is 2.68 bits per heavy atom. The molecule has 1 unspecified atom stereocenters. The zero-order valence-electron chi connectivity index (χ0n) is 10.5. The molecule has 1 amide bonds. The molecular formula is C13H15ClFNO3. The molecule has 0 heterocycles. The molecule has 1 rings (SSSR count). The van der Waals surface area contributed by atoms with Crippen LogP contribution in [0.3, 0.4) is 0 Å². The molecule has 0 aliphatic carbocycles. The van der Waals surface area contributed by atoms with Gasteiger partial charge in [0.05, 0.1) is 10.6 Å². The summed E-state index contributed by atoms with van der Waals surface area (Å²) >= 11 is 5.74. The maximum absolute atomic E-state index is 12.9. The van der Waals surface area contributed by atoms with Crippen molar-refractivity contribution in [2.45, 2.75) is 32.2 Å². The first-order chi connectivity index (χ1) is 8.95. The van der Waals surface area contributed by atoms with E-state index in [2.05, 4.69) is 5.32 Å². The number of hydrogen-bond acceptors (Lipinski definition) is 2. The highest BCUT2D eigenvalue weighted by Gasteiger charge is 2.21. The minimum absolute atomic E-state index is 0.0443. The van der Waals surface area contributed by atoms with Crippen LogP contribution in [0.15, 0.2) is 18.2 Å². The van der Waals surface area contributed by atoms with Gasteiger partial charge in [0.15, 0.2) is 0 Å². The summed E-state index contributed by atoms with van der Waals surface area (Å²) in [5, 5.41) is 11.3. The van der Waals surface area contributed by atoms with Crippen LogP contribution in [-0.4, -0.2) is 23.0 Å². The zero-order valence-corrected chi connectivity index (χ0v) is 11.2. The van der Waals surface area contributed by atoms with Crippen molar-refractivity contribution >= 4 is 23.5 Å². The van der Waals surface area contributed by atoms with Crippen molar-refractivity contribution in [1.29, 1.82) is 0 Å². The third-order valence-corrected chi connectivity index (χ3v) is 2.94. The quantitative estimate of drug-likeness (QED) is 0.845. The molecule has 0 saturated heterocycles. The predicted molar refractivity (Wildman–Crippen MR) is 69.8 cm³/mol. The van der Waals surface area contributed by atoms with Gasteiger partial charge in [0.2, 0.25) is 0 Å². The maximum Gasteiger partial charge on any atom is 0.326 e. The van der Waals surface area contributed by atoms with Crippen molar-refractivity contribution in [3.8, 4) is 0 Å². The molecule has 0 saturated carbocycles. The average molecular weight is 288 g/mol. The van der Waals surface area contributed by atoms with Gasteiger partial charge in [0, 0.05) is 0 Å². The Labute approximate surface area is 115 Å². The number of halogens is 2. The minimum atomic E-state index is -1.10. The van der Waals surface area contributed by atoms with E-state index < -0.39 is 23.7 Å². The first-order valence-electron chi connectivity index (χ1n) is 5.94. The van der Waals surface area contributed by atoms with Gasteiger partial charge in [-0.15, -0.1) is 0 Å². The number of carboxylic acids is 1. The van der Waals surface area contributed by atoms with Crippen molar-refractivity contribution in [2.24, 2.45) is 0 Å². The summed E-state index contributed by atoms with van der Waals surface area (Å²) in [4.78, 5) is 22.9. The molecule has 0 fully saturated rings. The second kappa shape index (κ2) is 7.09. The monoisotopic (exact) mass is 287 g/mol. The molecule has 0 radical (unpaired) electrons. The highest BCUT2D eigenvalue weighted by molar-refractivity contribution is 6.33. The summed E-state index contributed by atoms with van der Waals surface area (Å²) in [5.41, 5.74) is 0.0609. The van der Waals surface area contributed by atoms with Gasteiger partial charge in [-0.2, -0.15) is 0 Å². The Hall–Kier alpha value is -1.62. The fourth-order valence-electron chi connectivity index (χ4n) is 1.58. The normalized spacial score (nSPS) is 11.9. The fourth-order valence-corrected chi connectivity index (χ4v) is 1.83. The molecule has 104 valence electrons. The van der Waals surface area contributed by atoms with Gasteiger partial charge in [-0.3, -0.25) is 4.79 Å². The summed E-state index contributed by atoms with van der Waals surface area (Å²) < 4.78 is 12.9. The fraction of sp³-hybridized carbons (Fsp3) is 0.385. The molecule has 0 aliphatic heterocycles. The van der Waals surface area contributed by atoms with E-state index in [1.165, 1.54) is 6.07 Å². The molecule has 0 bridgehead atoms. The van der Waals surface area contributed by atoms with Crippen LogP contribution >= 0.6 is 11.6 Å². The smallest absolute Gasteiger partial charge is 0.326 e. The van der Waals surface area contributed by atoms with Gasteiger partial charge < -0.3 is 10.4 Å². The molecular weight excluding hydrogens is 273 g/mol. The van der Waals surface area contributed by atoms with E-state index in [4.69, 9.17) is 16.7 Å². The molecule has 6 heteroatoms. The largest absolute Gasteiger partial charge is 0.480 e. The van der Waals surface area contributed by atoms with Gasteiger partial charge in [-0.25, -0.2) is 9.18 Å². The van der Waals surface area contributed by atoms with Crippen LogP contribution in [0.2, 0.25) is 5.02 Å². The van der Waals surface area contributed by atoms with Gasteiger partial charge in [-0.05, 0) is 24.6 Å². The third-order valence-electron chi connectivity index (χ3n) is 2.63. The Morgan fingerprint density at radius 1 is 1.47 bits per heavy atom. The molecule has 0 spiro atoms. The molecule has 4 nitrogen and oxygen atoms in total. The molecule has 1 aromatic rings. The minimum Gasteiger partial charge on any atom is -0.480 e. The summed E-state index contributed by atoms with van der Waals surface area (Å²) in [6.07, 6.45) is 1.86. The van der Waals surface area contributed by atoms with Crippen LogP contribution in [0.25, 0.3) is 0 Å². The first-order valence-corrected chi connectivity index (χ1v) is 6.32. The summed E-state index contributed by atoms with van der Waals surface area (Å²) in [7, 11) is 0. The standard InChI is InChI=1S/C13H15ClFNO3/c1-2-3-4-11(13(18)19)16-12(17)9-6-5-8(15)7-10(9)14/h5-7,11H,2-4H2,1H3,(H,16,17)(H,18,19). The maximum atomic E-state index is 12.9. The van der Waals surface area contributed by atoms with E-state index >= 15 is 0 Å². The second-order valence-electron chi connectivity index (χ2n) is 4.13. The number of rotatable bonds is 6. The Balaban J connectivity index is 2.78. The number of carboxylic acid groups (broad SMARTS) is 1. The number of nitrogens with one attached hydrogen (secondary N) is 1.